The first-order chi connectivity index (χ1) is 22.3. The van der Waals surface area contributed by atoms with Gasteiger partial charge in [0.2, 0.25) is 0 Å². The van der Waals surface area contributed by atoms with Crippen molar-refractivity contribution >= 4 is 95.3 Å². The summed E-state index contributed by atoms with van der Waals surface area (Å²) in [7, 11) is 0. The summed E-state index contributed by atoms with van der Waals surface area (Å²) in [6.45, 7) is 0. The van der Waals surface area contributed by atoms with Gasteiger partial charge < -0.3 is 0 Å². The Morgan fingerprint density at radius 2 is 0.932 bits per heavy atom. The minimum Gasteiger partial charge on any atom is -0.135 e. The molecule has 0 radical (unpaired) electrons. The van der Waals surface area contributed by atoms with E-state index in [4.69, 9.17) is 0 Å². The van der Waals surface area contributed by atoms with Crippen molar-refractivity contribution in [3.05, 3.63) is 146 Å². The maximum absolute atomic E-state index is 9.19. The lowest BCUT2D eigenvalue weighted by Crippen LogP contribution is -1.91. The standard InChI is InChI=1S/C42H24S2/c1-2-12-25(13-3-1)37-27-14-4-6-16-29(27)39(30-17-7-5-15-28(30)37)33-24-26-22-23-36-40(31-18-8-10-20-34(31)43-36)38(26)41-32-19-9-11-21-35(32)44-42(33)41/h1-24H/i23D. The molecule has 0 saturated heterocycles. The van der Waals surface area contributed by atoms with E-state index in [-0.39, 0.29) is 0 Å². The maximum Gasteiger partial charge on any atom is 0.0638 e. The van der Waals surface area contributed by atoms with E-state index < -0.39 is 0 Å². The molecule has 0 bridgehead atoms. The minimum absolute atomic E-state index is 0.595. The molecule has 8 aromatic carbocycles. The van der Waals surface area contributed by atoms with Gasteiger partial charge in [-0.1, -0.05) is 121 Å². The molecule has 10 aromatic rings. The second-order valence-electron chi connectivity index (χ2n) is 11.5. The molecule has 0 unspecified atom stereocenters. The van der Waals surface area contributed by atoms with Gasteiger partial charge in [-0.3, -0.25) is 0 Å². The zero-order valence-electron chi connectivity index (χ0n) is 24.6. The van der Waals surface area contributed by atoms with E-state index in [2.05, 4.69) is 140 Å². The lowest BCUT2D eigenvalue weighted by Gasteiger charge is -2.19. The van der Waals surface area contributed by atoms with Gasteiger partial charge in [0.1, 0.15) is 0 Å². The fraction of sp³-hybridized carbons (Fsp3) is 0. The predicted octanol–water partition coefficient (Wildman–Crippen LogP) is 13.2. The topological polar surface area (TPSA) is 0 Å². The Bertz CT molecular complexity index is 2760. The molecule has 44 heavy (non-hydrogen) atoms. The Morgan fingerprint density at radius 3 is 1.59 bits per heavy atom. The van der Waals surface area contributed by atoms with E-state index in [1.54, 1.807) is 11.3 Å². The molecule has 2 heteroatoms. The first-order valence-electron chi connectivity index (χ1n) is 15.4. The smallest absolute Gasteiger partial charge is 0.0638 e. The molecule has 204 valence electrons. The van der Waals surface area contributed by atoms with E-state index in [1.165, 1.54) is 84.8 Å². The van der Waals surface area contributed by atoms with E-state index in [0.29, 0.717) is 6.04 Å². The number of hydrogen-bond donors (Lipinski definition) is 0. The molecule has 0 aliphatic carbocycles. The Balaban J connectivity index is 1.46. The van der Waals surface area contributed by atoms with Crippen molar-refractivity contribution < 1.29 is 1.37 Å². The lowest BCUT2D eigenvalue weighted by molar-refractivity contribution is 1.67. The average molecular weight is 594 g/mol. The molecule has 0 spiro atoms. The highest BCUT2D eigenvalue weighted by Crippen LogP contribution is 2.51. The quantitative estimate of drug-likeness (QED) is 0.175. The fourth-order valence-electron chi connectivity index (χ4n) is 7.36. The normalized spacial score (nSPS) is 12.4. The van der Waals surface area contributed by atoms with Crippen LogP contribution in [0, 0.1) is 0 Å². The van der Waals surface area contributed by atoms with Gasteiger partial charge in [0.25, 0.3) is 0 Å². The number of thiophene rings is 2. The summed E-state index contributed by atoms with van der Waals surface area (Å²) in [6, 6.07) is 51.2. The largest absolute Gasteiger partial charge is 0.135 e. The van der Waals surface area contributed by atoms with Gasteiger partial charge in [0.15, 0.2) is 0 Å². The molecule has 0 nitrogen and oxygen atoms in total. The molecule has 0 aliphatic heterocycles. The summed E-state index contributed by atoms with van der Waals surface area (Å²) in [5.41, 5.74) is 5.01. The van der Waals surface area contributed by atoms with Gasteiger partial charge >= 0.3 is 0 Å². The molecule has 0 aliphatic rings. The van der Waals surface area contributed by atoms with Crippen LogP contribution in [0.2, 0.25) is 0 Å². The van der Waals surface area contributed by atoms with Crippen LogP contribution in [-0.4, -0.2) is 0 Å². The minimum atomic E-state index is 0.595. The number of hydrogen-bond acceptors (Lipinski definition) is 2. The lowest BCUT2D eigenvalue weighted by atomic mass is 9.85. The first kappa shape index (κ1) is 23.4. The average Bonchev–Trinajstić information content (AvgIpc) is 3.67. The van der Waals surface area contributed by atoms with Gasteiger partial charge in [0.05, 0.1) is 1.37 Å². The molecular weight excluding hydrogens is 569 g/mol. The Kier molecular flexibility index (Phi) is 4.92. The number of benzene rings is 8. The summed E-state index contributed by atoms with van der Waals surface area (Å²) in [6.07, 6.45) is 0. The van der Waals surface area contributed by atoms with Crippen LogP contribution >= 0.6 is 22.7 Å². The molecule has 0 saturated carbocycles. The van der Waals surface area contributed by atoms with Crippen LogP contribution in [-0.2, 0) is 0 Å². The van der Waals surface area contributed by atoms with Crippen molar-refractivity contribution in [1.29, 1.82) is 0 Å². The van der Waals surface area contributed by atoms with Crippen molar-refractivity contribution in [3.8, 4) is 22.3 Å². The summed E-state index contributed by atoms with van der Waals surface area (Å²) in [4.78, 5) is 0. The Labute approximate surface area is 263 Å². The van der Waals surface area contributed by atoms with Gasteiger partial charge in [-0.25, -0.2) is 0 Å². The summed E-state index contributed by atoms with van der Waals surface area (Å²) in [5.74, 6) is 0. The van der Waals surface area contributed by atoms with Crippen molar-refractivity contribution in [1.82, 2.24) is 0 Å². The summed E-state index contributed by atoms with van der Waals surface area (Å²) >= 11 is 3.63. The Morgan fingerprint density at radius 1 is 0.409 bits per heavy atom. The highest BCUT2D eigenvalue weighted by Gasteiger charge is 2.22. The second-order valence-corrected chi connectivity index (χ2v) is 13.6. The molecule has 0 atom stereocenters. The molecule has 2 heterocycles. The fourth-order valence-corrected chi connectivity index (χ4v) is 9.67. The molecular formula is C42H24S2. The Hall–Kier alpha value is -5.02. The third kappa shape index (κ3) is 3.33. The van der Waals surface area contributed by atoms with Crippen LogP contribution in [0.15, 0.2) is 146 Å². The third-order valence-corrected chi connectivity index (χ3v) is 11.5. The van der Waals surface area contributed by atoms with Crippen LogP contribution in [0.25, 0.3) is 94.9 Å². The van der Waals surface area contributed by atoms with E-state index in [1.807, 2.05) is 11.3 Å². The third-order valence-electron chi connectivity index (χ3n) is 9.15. The van der Waals surface area contributed by atoms with Gasteiger partial charge in [-0.2, -0.15) is 0 Å². The first-order valence-corrected chi connectivity index (χ1v) is 16.6. The van der Waals surface area contributed by atoms with E-state index in [9.17, 15) is 1.37 Å². The van der Waals surface area contributed by atoms with E-state index in [0.717, 1.165) is 10.1 Å². The molecule has 10 rings (SSSR count). The van der Waals surface area contributed by atoms with Crippen molar-refractivity contribution in [3.63, 3.8) is 0 Å². The highest BCUT2D eigenvalue weighted by atomic mass is 32.1. The van der Waals surface area contributed by atoms with Gasteiger partial charge in [-0.05, 0) is 67.9 Å². The molecule has 0 N–H and O–H groups in total. The zero-order chi connectivity index (χ0) is 29.6. The summed E-state index contributed by atoms with van der Waals surface area (Å²) in [5, 5.41) is 12.5. The highest BCUT2D eigenvalue weighted by molar-refractivity contribution is 7.27. The second kappa shape index (κ2) is 9.24. The molecule has 0 fully saturated rings. The van der Waals surface area contributed by atoms with Gasteiger partial charge in [0, 0.05) is 51.3 Å². The number of rotatable bonds is 2. The van der Waals surface area contributed by atoms with Gasteiger partial charge in [-0.15, -0.1) is 22.7 Å². The predicted molar refractivity (Wildman–Crippen MR) is 196 cm³/mol. The summed E-state index contributed by atoms with van der Waals surface area (Å²) < 4.78 is 14.1. The number of fused-ring (bicyclic) bond motifs is 11. The SMILES string of the molecule is [2H]c1cc2cc(-c3c4ccccc4c(-c4ccccc4)c4ccccc34)c3sc4ccccc4c3c2c2c1sc1ccccc12. The van der Waals surface area contributed by atoms with Crippen molar-refractivity contribution in [2.45, 2.75) is 0 Å². The van der Waals surface area contributed by atoms with Crippen LogP contribution in [0.1, 0.15) is 1.37 Å². The molecule has 2 aromatic heterocycles. The monoisotopic (exact) mass is 593 g/mol. The van der Waals surface area contributed by atoms with E-state index >= 15 is 0 Å². The zero-order valence-corrected chi connectivity index (χ0v) is 25.2. The van der Waals surface area contributed by atoms with Crippen LogP contribution in [0.4, 0.5) is 0 Å². The van der Waals surface area contributed by atoms with Crippen LogP contribution in [0.5, 0.6) is 0 Å². The van der Waals surface area contributed by atoms with Crippen LogP contribution in [0.3, 0.4) is 0 Å². The van der Waals surface area contributed by atoms with Crippen molar-refractivity contribution in [2.24, 2.45) is 0 Å². The van der Waals surface area contributed by atoms with Crippen LogP contribution < -0.4 is 0 Å². The molecule has 0 amide bonds. The van der Waals surface area contributed by atoms with Crippen molar-refractivity contribution in [2.75, 3.05) is 0 Å². The maximum atomic E-state index is 9.19.